The van der Waals surface area contributed by atoms with Crippen LogP contribution in [0.25, 0.3) is 0 Å². The Bertz CT molecular complexity index is 1360. The summed E-state index contributed by atoms with van der Waals surface area (Å²) in [5.41, 5.74) is 13.2. The fourth-order valence-electron chi connectivity index (χ4n) is 4.57. The number of nitrogen functional groups attached to an aromatic ring is 1. The van der Waals surface area contributed by atoms with Crippen LogP contribution in [0.4, 0.5) is 11.4 Å². The number of benzene rings is 3. The van der Waals surface area contributed by atoms with E-state index >= 15 is 0 Å². The fraction of sp³-hybridized carbons (Fsp3) is 0.323. The summed E-state index contributed by atoms with van der Waals surface area (Å²) in [7, 11) is 0. The molecule has 1 aliphatic carbocycles. The molecule has 1 aliphatic rings. The molecule has 0 bridgehead atoms. The molecule has 3 aromatic carbocycles. The molecule has 1 atom stereocenters. The van der Waals surface area contributed by atoms with E-state index in [0.29, 0.717) is 35.2 Å². The zero-order chi connectivity index (χ0) is 30.6. The maximum atomic E-state index is 12.6. The van der Waals surface area contributed by atoms with Gasteiger partial charge in [-0.15, -0.1) is 12.4 Å². The summed E-state index contributed by atoms with van der Waals surface area (Å²) in [5, 5.41) is 23.0. The van der Waals surface area contributed by atoms with Gasteiger partial charge < -0.3 is 26.6 Å². The number of Topliss-reactive ketones (excluding diaryl/α,β-unsaturated/α-hetero) is 1. The quantitative estimate of drug-likeness (QED) is 0.104. The lowest BCUT2D eigenvalue weighted by molar-refractivity contribution is -0.384. The lowest BCUT2D eigenvalue weighted by Crippen LogP contribution is -2.45. The van der Waals surface area contributed by atoms with Crippen LogP contribution in [-0.2, 0) is 16.0 Å². The lowest BCUT2D eigenvalue weighted by Gasteiger charge is -2.27. The predicted octanol–water partition coefficient (Wildman–Crippen LogP) is 5.16. The summed E-state index contributed by atoms with van der Waals surface area (Å²) < 4.78 is 5.66. The minimum atomic E-state index is -1.08. The molecule has 1 fully saturated rings. The lowest BCUT2D eigenvalue weighted by atomic mass is 9.81. The molecule has 230 valence electrons. The summed E-state index contributed by atoms with van der Waals surface area (Å²) in [4.78, 5) is 45.2. The number of ketones is 1. The van der Waals surface area contributed by atoms with Crippen LogP contribution in [0.3, 0.4) is 0 Å². The number of nitrogens with two attached hydrogens (primary N) is 2. The number of non-ortho nitro benzene ring substituents is 1. The summed E-state index contributed by atoms with van der Waals surface area (Å²) >= 11 is 0. The molecular weight excluding hydrogens is 576 g/mol. The first-order valence-corrected chi connectivity index (χ1v) is 13.7. The van der Waals surface area contributed by atoms with Crippen LogP contribution in [0, 0.1) is 22.0 Å². The highest BCUT2D eigenvalue weighted by atomic mass is 35.5. The smallest absolute Gasteiger partial charge is 0.326 e. The average molecular weight is 613 g/mol. The van der Waals surface area contributed by atoms with Gasteiger partial charge in [-0.25, -0.2) is 4.79 Å². The highest BCUT2D eigenvalue weighted by Crippen LogP contribution is 2.28. The van der Waals surface area contributed by atoms with E-state index in [1.54, 1.807) is 48.5 Å². The summed E-state index contributed by atoms with van der Waals surface area (Å²) in [5.74, 6) is 0.00272. The normalized spacial score (nSPS) is 16.3. The van der Waals surface area contributed by atoms with E-state index in [0.717, 1.165) is 31.2 Å². The number of nitro groups is 1. The van der Waals surface area contributed by atoms with Crippen molar-refractivity contribution in [3.63, 3.8) is 0 Å². The first kappa shape index (κ1) is 34.7. The van der Waals surface area contributed by atoms with Gasteiger partial charge in [0.2, 0.25) is 5.91 Å². The van der Waals surface area contributed by atoms with Gasteiger partial charge in [-0.3, -0.25) is 19.7 Å². The number of aliphatic carboxylic acids is 1. The van der Waals surface area contributed by atoms with Crippen LogP contribution in [0.15, 0.2) is 72.8 Å². The van der Waals surface area contributed by atoms with E-state index in [1.807, 2.05) is 0 Å². The van der Waals surface area contributed by atoms with Crippen LogP contribution >= 0.6 is 12.4 Å². The van der Waals surface area contributed by atoms with Crippen molar-refractivity contribution in [2.24, 2.45) is 17.6 Å². The van der Waals surface area contributed by atoms with E-state index in [9.17, 15) is 29.6 Å². The third kappa shape index (κ3) is 11.0. The van der Waals surface area contributed by atoms with Gasteiger partial charge in [-0.1, -0.05) is 12.1 Å². The first-order valence-electron chi connectivity index (χ1n) is 13.7. The van der Waals surface area contributed by atoms with Gasteiger partial charge in [0.1, 0.15) is 17.5 Å². The molecule has 0 spiro atoms. The standard InChI is InChI=1S/C23H27N3O6.C8H9NO.ClH/c24-14-16-1-5-17(6-2-16)22(27)25-21(23(28)29)13-15-3-9-19(10-4-15)32-20-11-7-18(8-12-20)26(30)31;1-6(10)7-2-4-8(9)5-3-7;/h3-4,7-12,16-17,21H,1-2,5-6,13-14,24H2,(H,25,27)(H,28,29);2-5H,9H2,1H3;1H/t16?,17?,21-;;/m0../s1. The molecular formula is C31H37ClN4O7. The van der Waals surface area contributed by atoms with Crippen molar-refractivity contribution >= 4 is 41.4 Å². The number of ether oxygens (including phenoxy) is 1. The van der Waals surface area contributed by atoms with E-state index in [2.05, 4.69) is 5.32 Å². The van der Waals surface area contributed by atoms with Crippen molar-refractivity contribution in [1.29, 1.82) is 0 Å². The second-order valence-corrected chi connectivity index (χ2v) is 10.2. The van der Waals surface area contributed by atoms with Crippen LogP contribution in [0.1, 0.15) is 48.5 Å². The Kier molecular flexibility index (Phi) is 13.6. The van der Waals surface area contributed by atoms with Gasteiger partial charge >= 0.3 is 5.97 Å². The highest BCUT2D eigenvalue weighted by Gasteiger charge is 2.29. The zero-order valence-electron chi connectivity index (χ0n) is 23.8. The number of halogens is 1. The van der Waals surface area contributed by atoms with Crippen LogP contribution in [0.5, 0.6) is 11.5 Å². The molecule has 0 radical (unpaired) electrons. The zero-order valence-corrected chi connectivity index (χ0v) is 24.6. The molecule has 12 heteroatoms. The number of carbonyl (C=O) groups excluding carboxylic acids is 2. The number of carbonyl (C=O) groups is 3. The Labute approximate surface area is 256 Å². The molecule has 0 aliphatic heterocycles. The number of hydrogen-bond donors (Lipinski definition) is 4. The number of anilines is 1. The molecule has 0 heterocycles. The number of hydrogen-bond acceptors (Lipinski definition) is 8. The largest absolute Gasteiger partial charge is 0.480 e. The molecule has 11 nitrogen and oxygen atoms in total. The van der Waals surface area contributed by atoms with Crippen molar-refractivity contribution in [3.8, 4) is 11.5 Å². The van der Waals surface area contributed by atoms with Gasteiger partial charge in [0.25, 0.3) is 5.69 Å². The average Bonchev–Trinajstić information content (AvgIpc) is 2.98. The van der Waals surface area contributed by atoms with Crippen LogP contribution in [-0.4, -0.2) is 40.3 Å². The van der Waals surface area contributed by atoms with Crippen molar-refractivity contribution in [1.82, 2.24) is 5.32 Å². The Morgan fingerprint density at radius 1 is 0.953 bits per heavy atom. The van der Waals surface area contributed by atoms with E-state index in [-0.39, 0.29) is 42.1 Å². The van der Waals surface area contributed by atoms with Gasteiger partial charge in [0.15, 0.2) is 5.78 Å². The number of amides is 1. The number of nitrogens with zero attached hydrogens (tertiary/aromatic N) is 1. The Hall–Kier alpha value is -4.48. The molecule has 1 saturated carbocycles. The molecule has 3 aromatic rings. The second kappa shape index (κ2) is 16.8. The number of nitrogens with one attached hydrogen (secondary N) is 1. The molecule has 1 amide bonds. The van der Waals surface area contributed by atoms with Crippen molar-refractivity contribution in [2.45, 2.75) is 45.1 Å². The van der Waals surface area contributed by atoms with Crippen molar-refractivity contribution < 1.29 is 29.2 Å². The van der Waals surface area contributed by atoms with E-state index in [4.69, 9.17) is 16.2 Å². The Morgan fingerprint density at radius 3 is 1.95 bits per heavy atom. The van der Waals surface area contributed by atoms with E-state index in [1.165, 1.54) is 31.2 Å². The third-order valence-electron chi connectivity index (χ3n) is 7.13. The highest BCUT2D eigenvalue weighted by molar-refractivity contribution is 5.94. The van der Waals surface area contributed by atoms with Gasteiger partial charge in [0, 0.05) is 35.7 Å². The van der Waals surface area contributed by atoms with Crippen LogP contribution in [0.2, 0.25) is 0 Å². The Balaban J connectivity index is 0.000000498. The molecule has 0 unspecified atom stereocenters. The minimum Gasteiger partial charge on any atom is -0.480 e. The number of rotatable bonds is 10. The van der Waals surface area contributed by atoms with E-state index < -0.39 is 16.9 Å². The molecule has 0 saturated heterocycles. The summed E-state index contributed by atoms with van der Waals surface area (Å²) in [6, 6.07) is 18.4. The maximum Gasteiger partial charge on any atom is 0.326 e. The SMILES string of the molecule is CC(=O)c1ccc(N)cc1.Cl.NCC1CCC(C(=O)N[C@@H](Cc2ccc(Oc3ccc([N+](=O)[O-])cc3)cc2)C(=O)O)CC1. The first-order chi connectivity index (χ1) is 20.0. The third-order valence-corrected chi connectivity index (χ3v) is 7.13. The number of nitro benzene ring substituents is 1. The second-order valence-electron chi connectivity index (χ2n) is 10.2. The summed E-state index contributed by atoms with van der Waals surface area (Å²) in [6.45, 7) is 2.15. The molecule has 0 aromatic heterocycles. The van der Waals surface area contributed by atoms with Crippen LogP contribution < -0.4 is 21.5 Å². The van der Waals surface area contributed by atoms with Crippen molar-refractivity contribution in [2.75, 3.05) is 12.3 Å². The number of carboxylic acids is 1. The monoisotopic (exact) mass is 612 g/mol. The Morgan fingerprint density at radius 2 is 1.49 bits per heavy atom. The molecule has 6 N–H and O–H groups in total. The summed E-state index contributed by atoms with van der Waals surface area (Å²) in [6.07, 6.45) is 3.39. The molecule has 4 rings (SSSR count). The topological polar surface area (TPSA) is 188 Å². The van der Waals surface area contributed by atoms with Gasteiger partial charge in [-0.2, -0.15) is 0 Å². The van der Waals surface area contributed by atoms with Gasteiger partial charge in [-0.05, 0) is 99.2 Å². The minimum absolute atomic E-state index is 0. The predicted molar refractivity (Wildman–Crippen MR) is 165 cm³/mol. The number of carboxylic acid groups (broad SMARTS) is 1. The fourth-order valence-corrected chi connectivity index (χ4v) is 4.57. The van der Waals surface area contributed by atoms with Crippen molar-refractivity contribution in [3.05, 3.63) is 94.0 Å². The maximum absolute atomic E-state index is 12.6. The molecule has 43 heavy (non-hydrogen) atoms. The van der Waals surface area contributed by atoms with Gasteiger partial charge in [0.05, 0.1) is 4.92 Å².